The molecule has 0 saturated heterocycles. The smallest absolute Gasteiger partial charge is 0.143 e. The van der Waals surface area contributed by atoms with Crippen molar-refractivity contribution in [2.45, 2.75) is 6.54 Å². The van der Waals surface area contributed by atoms with E-state index in [0.29, 0.717) is 22.3 Å². The number of nitrogens with zero attached hydrogens (tertiary/aromatic N) is 1. The Hall–Kier alpha value is -1.32. The molecule has 17 heavy (non-hydrogen) atoms. The molecule has 2 rings (SSSR count). The zero-order valence-electron chi connectivity index (χ0n) is 8.75. The first kappa shape index (κ1) is 12.1. The molecule has 1 N–H and O–H groups in total. The number of aromatic nitrogens is 1. The highest BCUT2D eigenvalue weighted by Crippen LogP contribution is 2.25. The molecule has 0 atom stereocenters. The van der Waals surface area contributed by atoms with Crippen LogP contribution in [0.15, 0.2) is 36.7 Å². The second-order valence-corrected chi connectivity index (χ2v) is 4.26. The third kappa shape index (κ3) is 3.08. The van der Waals surface area contributed by atoms with Crippen LogP contribution in [-0.4, -0.2) is 4.98 Å². The number of nitrogens with one attached hydrogen (secondary N) is 1. The van der Waals surface area contributed by atoms with Gasteiger partial charge in [-0.05, 0) is 12.1 Å². The highest BCUT2D eigenvalue weighted by atomic mass is 35.5. The molecule has 5 heteroatoms. The van der Waals surface area contributed by atoms with Gasteiger partial charge in [0.1, 0.15) is 5.82 Å². The van der Waals surface area contributed by atoms with Crippen molar-refractivity contribution in [3.63, 3.8) is 0 Å². The lowest BCUT2D eigenvalue weighted by Gasteiger charge is -2.09. The van der Waals surface area contributed by atoms with Crippen molar-refractivity contribution in [2.75, 3.05) is 5.32 Å². The number of hydrogen-bond donors (Lipinski definition) is 1. The van der Waals surface area contributed by atoms with Crippen LogP contribution in [-0.2, 0) is 6.54 Å². The molecule has 0 aliphatic rings. The number of hydrogen-bond acceptors (Lipinski definition) is 2. The van der Waals surface area contributed by atoms with Crippen LogP contribution in [0.25, 0.3) is 0 Å². The molecule has 0 bridgehead atoms. The molecular formula is C12H9Cl2FN2. The van der Waals surface area contributed by atoms with E-state index < -0.39 is 0 Å². The van der Waals surface area contributed by atoms with E-state index in [0.717, 1.165) is 11.8 Å². The maximum Gasteiger partial charge on any atom is 0.143 e. The summed E-state index contributed by atoms with van der Waals surface area (Å²) in [4.78, 5) is 3.74. The second kappa shape index (κ2) is 5.34. The van der Waals surface area contributed by atoms with Gasteiger partial charge in [0.2, 0.25) is 0 Å². The molecule has 0 unspecified atom stereocenters. The zero-order valence-corrected chi connectivity index (χ0v) is 10.3. The standard InChI is InChI=1S/C12H9Cl2FN2/c13-11-2-1-3-12(14)10(11)7-17-9-4-8(15)5-16-6-9/h1-6,17H,7H2. The molecule has 0 spiro atoms. The predicted molar refractivity (Wildman–Crippen MR) is 68.0 cm³/mol. The molecule has 0 aliphatic heterocycles. The first-order chi connectivity index (χ1) is 8.16. The number of pyridine rings is 1. The molecule has 2 nitrogen and oxygen atoms in total. The Morgan fingerprint density at radius 3 is 2.53 bits per heavy atom. The maximum absolute atomic E-state index is 12.9. The van der Waals surface area contributed by atoms with Gasteiger partial charge in [0.25, 0.3) is 0 Å². The Balaban J connectivity index is 2.13. The number of benzene rings is 1. The second-order valence-electron chi connectivity index (χ2n) is 3.45. The number of halogens is 3. The molecule has 1 aromatic carbocycles. The van der Waals surface area contributed by atoms with Crippen LogP contribution in [0.5, 0.6) is 0 Å². The summed E-state index contributed by atoms with van der Waals surface area (Å²) in [5.41, 5.74) is 1.36. The minimum Gasteiger partial charge on any atom is -0.380 e. The van der Waals surface area contributed by atoms with Gasteiger partial charge in [-0.15, -0.1) is 0 Å². The van der Waals surface area contributed by atoms with Crippen molar-refractivity contribution < 1.29 is 4.39 Å². The zero-order chi connectivity index (χ0) is 12.3. The van der Waals surface area contributed by atoms with Crippen molar-refractivity contribution in [3.05, 3.63) is 58.1 Å². The third-order valence-corrected chi connectivity index (χ3v) is 2.94. The van der Waals surface area contributed by atoms with Crippen molar-refractivity contribution >= 4 is 28.9 Å². The molecule has 0 aliphatic carbocycles. The van der Waals surface area contributed by atoms with Crippen LogP contribution in [0.3, 0.4) is 0 Å². The predicted octanol–water partition coefficient (Wildman–Crippen LogP) is 4.14. The van der Waals surface area contributed by atoms with Crippen LogP contribution in [0.2, 0.25) is 10.0 Å². The largest absolute Gasteiger partial charge is 0.380 e. The summed E-state index contributed by atoms with van der Waals surface area (Å²) in [7, 11) is 0. The number of rotatable bonds is 3. The fourth-order valence-corrected chi connectivity index (χ4v) is 1.93. The highest BCUT2D eigenvalue weighted by Gasteiger charge is 2.05. The van der Waals surface area contributed by atoms with Crippen LogP contribution in [0.4, 0.5) is 10.1 Å². The van der Waals surface area contributed by atoms with Crippen LogP contribution >= 0.6 is 23.2 Å². The summed E-state index contributed by atoms with van der Waals surface area (Å²) in [6.07, 6.45) is 2.68. The molecule has 0 radical (unpaired) electrons. The van der Waals surface area contributed by atoms with Gasteiger partial charge >= 0.3 is 0 Å². The third-order valence-electron chi connectivity index (χ3n) is 2.24. The molecule has 0 amide bonds. The molecular weight excluding hydrogens is 262 g/mol. The van der Waals surface area contributed by atoms with E-state index in [-0.39, 0.29) is 5.82 Å². The lowest BCUT2D eigenvalue weighted by molar-refractivity contribution is 0.622. The van der Waals surface area contributed by atoms with Gasteiger partial charge in [-0.25, -0.2) is 4.39 Å². The van der Waals surface area contributed by atoms with Crippen molar-refractivity contribution in [2.24, 2.45) is 0 Å². The summed E-state index contributed by atoms with van der Waals surface area (Å²) >= 11 is 12.0. The summed E-state index contributed by atoms with van der Waals surface area (Å²) < 4.78 is 12.9. The van der Waals surface area contributed by atoms with Crippen LogP contribution < -0.4 is 5.32 Å². The van der Waals surface area contributed by atoms with Gasteiger partial charge in [-0.3, -0.25) is 4.98 Å². The van der Waals surface area contributed by atoms with Crippen LogP contribution in [0, 0.1) is 5.82 Å². The van der Waals surface area contributed by atoms with Gasteiger partial charge in [0.15, 0.2) is 0 Å². The van der Waals surface area contributed by atoms with E-state index in [9.17, 15) is 4.39 Å². The number of anilines is 1. The van der Waals surface area contributed by atoms with E-state index in [2.05, 4.69) is 10.3 Å². The van der Waals surface area contributed by atoms with Gasteiger partial charge in [0.05, 0.1) is 18.1 Å². The van der Waals surface area contributed by atoms with Gasteiger partial charge < -0.3 is 5.32 Å². The summed E-state index contributed by atoms with van der Waals surface area (Å²) in [6, 6.07) is 6.65. The summed E-state index contributed by atoms with van der Waals surface area (Å²) in [5.74, 6) is -0.389. The Labute approximate surface area is 108 Å². The van der Waals surface area contributed by atoms with E-state index >= 15 is 0 Å². The van der Waals surface area contributed by atoms with Crippen molar-refractivity contribution in [1.29, 1.82) is 0 Å². The normalized spacial score (nSPS) is 10.3. The minimum absolute atomic E-state index is 0.389. The fourth-order valence-electron chi connectivity index (χ4n) is 1.40. The van der Waals surface area contributed by atoms with Crippen LogP contribution in [0.1, 0.15) is 5.56 Å². The van der Waals surface area contributed by atoms with E-state index in [1.54, 1.807) is 18.2 Å². The van der Waals surface area contributed by atoms with Crippen molar-refractivity contribution in [3.8, 4) is 0 Å². The summed E-state index contributed by atoms with van der Waals surface area (Å²) in [5, 5.41) is 4.17. The quantitative estimate of drug-likeness (QED) is 0.907. The highest BCUT2D eigenvalue weighted by molar-refractivity contribution is 6.36. The van der Waals surface area contributed by atoms with E-state index in [1.807, 2.05) is 0 Å². The minimum atomic E-state index is -0.389. The molecule has 2 aromatic rings. The average Bonchev–Trinajstić information content (AvgIpc) is 2.28. The topological polar surface area (TPSA) is 24.9 Å². The van der Waals surface area contributed by atoms with Gasteiger partial charge in [0, 0.05) is 28.2 Å². The lowest BCUT2D eigenvalue weighted by Crippen LogP contribution is -2.01. The molecule has 1 heterocycles. The van der Waals surface area contributed by atoms with E-state index in [1.165, 1.54) is 12.3 Å². The monoisotopic (exact) mass is 270 g/mol. The van der Waals surface area contributed by atoms with Gasteiger partial charge in [-0.1, -0.05) is 29.3 Å². The summed E-state index contributed by atoms with van der Waals surface area (Å²) in [6.45, 7) is 0.420. The first-order valence-corrected chi connectivity index (χ1v) is 5.70. The SMILES string of the molecule is Fc1cncc(NCc2c(Cl)cccc2Cl)c1. The molecule has 1 aromatic heterocycles. The molecule has 0 fully saturated rings. The van der Waals surface area contributed by atoms with E-state index in [4.69, 9.17) is 23.2 Å². The molecule has 88 valence electrons. The van der Waals surface area contributed by atoms with Crippen molar-refractivity contribution in [1.82, 2.24) is 4.98 Å². The average molecular weight is 271 g/mol. The Morgan fingerprint density at radius 1 is 1.18 bits per heavy atom. The fraction of sp³-hybridized carbons (Fsp3) is 0.0833. The Morgan fingerprint density at radius 2 is 1.88 bits per heavy atom. The first-order valence-electron chi connectivity index (χ1n) is 4.94. The maximum atomic E-state index is 12.9. The lowest BCUT2D eigenvalue weighted by atomic mass is 10.2. The molecule has 0 saturated carbocycles. The Kier molecular flexibility index (Phi) is 3.82. The van der Waals surface area contributed by atoms with Gasteiger partial charge in [-0.2, -0.15) is 0 Å². The Bertz CT molecular complexity index is 511.